The van der Waals surface area contributed by atoms with Gasteiger partial charge < -0.3 is 37.4 Å². The van der Waals surface area contributed by atoms with Crippen LogP contribution >= 0.6 is 0 Å². The van der Waals surface area contributed by atoms with E-state index in [2.05, 4.69) is 20.9 Å². The molecule has 2 fully saturated rings. The van der Waals surface area contributed by atoms with Crippen molar-refractivity contribution in [2.24, 2.45) is 16.5 Å². The number of hydrogen-bond acceptors (Lipinski definition) is 6. The van der Waals surface area contributed by atoms with Crippen molar-refractivity contribution in [3.8, 4) is 0 Å². The minimum Gasteiger partial charge on any atom is -0.480 e. The second-order valence-corrected chi connectivity index (χ2v) is 9.44. The highest BCUT2D eigenvalue weighted by Gasteiger charge is 2.39. The van der Waals surface area contributed by atoms with Crippen molar-refractivity contribution in [2.75, 3.05) is 19.6 Å². The summed E-state index contributed by atoms with van der Waals surface area (Å²) in [4.78, 5) is 56.7. The molecule has 2 heterocycles. The minimum atomic E-state index is -1.15. The zero-order valence-electron chi connectivity index (χ0n) is 20.9. The van der Waals surface area contributed by atoms with Crippen molar-refractivity contribution in [2.45, 2.75) is 69.1 Å². The molecule has 2 saturated heterocycles. The molecule has 4 unspecified atom stereocenters. The molecule has 202 valence electrons. The van der Waals surface area contributed by atoms with Gasteiger partial charge >= 0.3 is 5.97 Å². The molecule has 12 heteroatoms. The monoisotopic (exact) mass is 515 g/mol. The number of hydrogen-bond donors (Lipinski definition) is 6. The van der Waals surface area contributed by atoms with Gasteiger partial charge in [-0.2, -0.15) is 0 Å². The van der Waals surface area contributed by atoms with Gasteiger partial charge in [0.15, 0.2) is 5.96 Å². The highest BCUT2D eigenvalue weighted by Crippen LogP contribution is 2.20. The zero-order chi connectivity index (χ0) is 26.8. The molecule has 2 aliphatic rings. The predicted molar refractivity (Wildman–Crippen MR) is 137 cm³/mol. The standard InChI is InChI=1S/C25H37N7O5/c26-25(27)29-13-5-10-18(30-21(33)17-9-4-12-28-17)23(35)32-14-6-11-20(32)22(34)31-19(24(36)37)15-16-7-2-1-3-8-16/h1-3,7-8,17-20,28H,4-6,9-15H2,(H,30,33)(H,31,34)(H,36,37)(H4,26,27,29). The number of rotatable bonds is 12. The van der Waals surface area contributed by atoms with Gasteiger partial charge in [-0.3, -0.25) is 19.4 Å². The number of carbonyl (C=O) groups is 4. The number of aliphatic imine (C=N–C) groups is 1. The largest absolute Gasteiger partial charge is 0.480 e. The van der Waals surface area contributed by atoms with Gasteiger partial charge in [0.2, 0.25) is 17.7 Å². The Balaban J connectivity index is 1.68. The molecular weight excluding hydrogens is 478 g/mol. The molecule has 0 aromatic heterocycles. The lowest BCUT2D eigenvalue weighted by atomic mass is 10.0. The summed E-state index contributed by atoms with van der Waals surface area (Å²) in [6.07, 6.45) is 3.45. The summed E-state index contributed by atoms with van der Waals surface area (Å²) < 4.78 is 0. The number of carboxylic acid groups (broad SMARTS) is 1. The molecule has 2 aliphatic heterocycles. The van der Waals surface area contributed by atoms with Gasteiger partial charge in [-0.05, 0) is 50.6 Å². The van der Waals surface area contributed by atoms with Crippen LogP contribution < -0.4 is 27.4 Å². The molecule has 1 aromatic rings. The van der Waals surface area contributed by atoms with E-state index in [0.29, 0.717) is 45.2 Å². The molecule has 4 atom stereocenters. The predicted octanol–water partition coefficient (Wildman–Crippen LogP) is -0.920. The van der Waals surface area contributed by atoms with E-state index in [4.69, 9.17) is 11.5 Å². The van der Waals surface area contributed by atoms with Gasteiger partial charge in [0.05, 0.1) is 6.04 Å². The first-order valence-corrected chi connectivity index (χ1v) is 12.7. The zero-order valence-corrected chi connectivity index (χ0v) is 20.9. The smallest absolute Gasteiger partial charge is 0.326 e. The molecule has 0 aliphatic carbocycles. The Bertz CT molecular complexity index is 977. The first-order chi connectivity index (χ1) is 17.8. The van der Waals surface area contributed by atoms with E-state index in [1.165, 1.54) is 4.90 Å². The normalized spacial score (nSPS) is 20.6. The van der Waals surface area contributed by atoms with E-state index in [-0.39, 0.29) is 30.2 Å². The van der Waals surface area contributed by atoms with Gasteiger partial charge in [0.1, 0.15) is 18.1 Å². The lowest BCUT2D eigenvalue weighted by Gasteiger charge is -2.30. The van der Waals surface area contributed by atoms with Crippen LogP contribution in [0, 0.1) is 0 Å². The third-order valence-electron chi connectivity index (χ3n) is 6.67. The Hall–Kier alpha value is -3.67. The maximum Gasteiger partial charge on any atom is 0.326 e. The van der Waals surface area contributed by atoms with Crippen LogP contribution in [0.4, 0.5) is 0 Å². The maximum absolute atomic E-state index is 13.6. The van der Waals surface area contributed by atoms with Crippen LogP contribution in [0.15, 0.2) is 35.3 Å². The van der Waals surface area contributed by atoms with Crippen molar-refractivity contribution >= 4 is 29.7 Å². The minimum absolute atomic E-state index is 0.0539. The van der Waals surface area contributed by atoms with Crippen LogP contribution in [0.3, 0.4) is 0 Å². The molecule has 3 rings (SSSR count). The van der Waals surface area contributed by atoms with Crippen molar-refractivity contribution in [1.82, 2.24) is 20.9 Å². The molecule has 8 N–H and O–H groups in total. The number of nitrogens with one attached hydrogen (secondary N) is 3. The average molecular weight is 516 g/mol. The molecule has 12 nitrogen and oxygen atoms in total. The molecule has 37 heavy (non-hydrogen) atoms. The van der Waals surface area contributed by atoms with Crippen LogP contribution in [0.25, 0.3) is 0 Å². The number of guanidine groups is 1. The Morgan fingerprint density at radius 2 is 1.78 bits per heavy atom. The number of likely N-dealkylation sites (tertiary alicyclic amines) is 1. The number of benzene rings is 1. The van der Waals surface area contributed by atoms with Crippen LogP contribution in [-0.4, -0.2) is 83.5 Å². The average Bonchev–Trinajstić information content (AvgIpc) is 3.58. The first kappa shape index (κ1) is 27.9. The van der Waals surface area contributed by atoms with Gasteiger partial charge in [-0.25, -0.2) is 4.79 Å². The topological polar surface area (TPSA) is 192 Å². The summed E-state index contributed by atoms with van der Waals surface area (Å²) in [6, 6.07) is 5.87. The number of aliphatic carboxylic acids is 1. The van der Waals surface area contributed by atoms with Crippen LogP contribution in [-0.2, 0) is 25.6 Å². The highest BCUT2D eigenvalue weighted by molar-refractivity contribution is 5.94. The van der Waals surface area contributed by atoms with Crippen molar-refractivity contribution < 1.29 is 24.3 Å². The molecule has 3 amide bonds. The van der Waals surface area contributed by atoms with Crippen molar-refractivity contribution in [1.29, 1.82) is 0 Å². The Labute approximate surface area is 216 Å². The quantitative estimate of drug-likeness (QED) is 0.117. The summed E-state index contributed by atoms with van der Waals surface area (Å²) >= 11 is 0. The van der Waals surface area contributed by atoms with Crippen LogP contribution in [0.5, 0.6) is 0 Å². The third-order valence-corrected chi connectivity index (χ3v) is 6.67. The fourth-order valence-electron chi connectivity index (χ4n) is 4.76. The summed E-state index contributed by atoms with van der Waals surface area (Å²) in [5.41, 5.74) is 11.5. The van der Waals surface area contributed by atoms with Crippen LogP contribution in [0.2, 0.25) is 0 Å². The van der Waals surface area contributed by atoms with E-state index >= 15 is 0 Å². The Morgan fingerprint density at radius 1 is 1.05 bits per heavy atom. The Kier molecular flexibility index (Phi) is 10.2. The summed E-state index contributed by atoms with van der Waals surface area (Å²) in [7, 11) is 0. The third kappa shape index (κ3) is 8.17. The summed E-state index contributed by atoms with van der Waals surface area (Å²) in [5, 5.41) is 18.2. The van der Waals surface area contributed by atoms with E-state index in [9.17, 15) is 24.3 Å². The number of nitrogens with zero attached hydrogens (tertiary/aromatic N) is 2. The maximum atomic E-state index is 13.6. The molecule has 1 aromatic carbocycles. The summed E-state index contributed by atoms with van der Waals surface area (Å²) in [5.74, 6) is -2.35. The number of carboxylic acids is 1. The fraction of sp³-hybridized carbons (Fsp3) is 0.560. The Morgan fingerprint density at radius 3 is 2.43 bits per heavy atom. The lowest BCUT2D eigenvalue weighted by Crippen LogP contribution is -2.56. The fourth-order valence-corrected chi connectivity index (χ4v) is 4.76. The second kappa shape index (κ2) is 13.6. The van der Waals surface area contributed by atoms with E-state index in [0.717, 1.165) is 18.5 Å². The van der Waals surface area contributed by atoms with E-state index in [1.807, 2.05) is 6.07 Å². The lowest BCUT2D eigenvalue weighted by molar-refractivity contribution is -0.145. The first-order valence-electron chi connectivity index (χ1n) is 12.7. The number of carbonyl (C=O) groups excluding carboxylic acids is 3. The highest BCUT2D eigenvalue weighted by atomic mass is 16.4. The summed E-state index contributed by atoms with van der Waals surface area (Å²) in [6.45, 7) is 1.38. The van der Waals surface area contributed by atoms with Gasteiger partial charge in [0, 0.05) is 19.5 Å². The van der Waals surface area contributed by atoms with E-state index < -0.39 is 30.0 Å². The van der Waals surface area contributed by atoms with Gasteiger partial charge in [-0.15, -0.1) is 0 Å². The molecule has 0 saturated carbocycles. The van der Waals surface area contributed by atoms with Crippen molar-refractivity contribution in [3.05, 3.63) is 35.9 Å². The van der Waals surface area contributed by atoms with Crippen LogP contribution in [0.1, 0.15) is 44.1 Å². The SMILES string of the molecule is NC(N)=NCCCC(NC(=O)C1CCCN1)C(=O)N1CCCC1C(=O)NC(Cc1ccccc1)C(=O)O. The van der Waals surface area contributed by atoms with E-state index in [1.54, 1.807) is 24.3 Å². The molecule has 0 radical (unpaired) electrons. The molecular formula is C25H37N7O5. The van der Waals surface area contributed by atoms with Crippen molar-refractivity contribution in [3.63, 3.8) is 0 Å². The van der Waals surface area contributed by atoms with Gasteiger partial charge in [-0.1, -0.05) is 30.3 Å². The molecule has 0 spiro atoms. The number of nitrogens with two attached hydrogens (primary N) is 2. The second-order valence-electron chi connectivity index (χ2n) is 9.44. The van der Waals surface area contributed by atoms with Gasteiger partial charge in [0.25, 0.3) is 0 Å². The molecule has 0 bridgehead atoms. The number of amides is 3.